The molecule has 0 spiro atoms. The van der Waals surface area contributed by atoms with Gasteiger partial charge < -0.3 is 4.57 Å². The smallest absolute Gasteiger partial charge is 0.195 e. The molecule has 2 atom stereocenters. The van der Waals surface area contributed by atoms with Gasteiger partial charge in [0.05, 0.1) is 0 Å². The minimum absolute atomic E-state index is 0.552. The summed E-state index contributed by atoms with van der Waals surface area (Å²) in [4.78, 5) is 0. The molecule has 0 radical (unpaired) electrons. The van der Waals surface area contributed by atoms with Gasteiger partial charge in [0.25, 0.3) is 0 Å². The van der Waals surface area contributed by atoms with Gasteiger partial charge in [0.15, 0.2) is 4.77 Å². The van der Waals surface area contributed by atoms with Crippen LogP contribution in [0.1, 0.15) is 54.1 Å². The summed E-state index contributed by atoms with van der Waals surface area (Å²) >= 11 is 5.35. The van der Waals surface area contributed by atoms with Crippen LogP contribution in [0.15, 0.2) is 24.3 Å². The van der Waals surface area contributed by atoms with Gasteiger partial charge in [-0.3, -0.25) is 5.10 Å². The largest absolute Gasteiger partial charge is 0.301 e. The standard InChI is InChI=1S/C15H17N3S/c1-9-2-4-10(5-3-9)12-8-13(12)14-16-17-15(19)18(14)11-6-7-11/h2-5,11-13H,6-8H2,1H3,(H,17,19)/t12-,13-/m0/s1. The van der Waals surface area contributed by atoms with Gasteiger partial charge in [0.2, 0.25) is 0 Å². The van der Waals surface area contributed by atoms with Gasteiger partial charge >= 0.3 is 0 Å². The third-order valence-corrected chi connectivity index (χ3v) is 4.56. The van der Waals surface area contributed by atoms with E-state index in [0.717, 1.165) is 4.77 Å². The maximum absolute atomic E-state index is 5.35. The fraction of sp³-hybridized carbons (Fsp3) is 0.467. The van der Waals surface area contributed by atoms with E-state index in [1.165, 1.54) is 36.2 Å². The van der Waals surface area contributed by atoms with Crippen LogP contribution < -0.4 is 0 Å². The van der Waals surface area contributed by atoms with Crippen LogP contribution in [-0.4, -0.2) is 14.8 Å². The van der Waals surface area contributed by atoms with Crippen LogP contribution in [-0.2, 0) is 0 Å². The fourth-order valence-electron chi connectivity index (χ4n) is 2.93. The van der Waals surface area contributed by atoms with Crippen LogP contribution >= 0.6 is 12.2 Å². The van der Waals surface area contributed by atoms with Crippen LogP contribution in [0.4, 0.5) is 0 Å². The highest BCUT2D eigenvalue weighted by molar-refractivity contribution is 7.71. The second-order valence-electron chi connectivity index (χ2n) is 5.85. The Morgan fingerprint density at radius 3 is 2.63 bits per heavy atom. The molecule has 1 heterocycles. The number of nitrogens with zero attached hydrogens (tertiary/aromatic N) is 2. The second-order valence-corrected chi connectivity index (χ2v) is 6.23. The van der Waals surface area contributed by atoms with Gasteiger partial charge in [0, 0.05) is 12.0 Å². The summed E-state index contributed by atoms with van der Waals surface area (Å²) in [7, 11) is 0. The Kier molecular flexibility index (Phi) is 2.42. The van der Waals surface area contributed by atoms with E-state index in [1.54, 1.807) is 0 Å². The van der Waals surface area contributed by atoms with Gasteiger partial charge in [-0.05, 0) is 49.9 Å². The van der Waals surface area contributed by atoms with Crippen molar-refractivity contribution in [1.82, 2.24) is 14.8 Å². The van der Waals surface area contributed by atoms with E-state index >= 15 is 0 Å². The van der Waals surface area contributed by atoms with Crippen LogP contribution in [0.5, 0.6) is 0 Å². The van der Waals surface area contributed by atoms with Crippen LogP contribution in [0.25, 0.3) is 0 Å². The van der Waals surface area contributed by atoms with E-state index in [9.17, 15) is 0 Å². The minimum atomic E-state index is 0.552. The zero-order chi connectivity index (χ0) is 13.0. The van der Waals surface area contributed by atoms with Crippen molar-refractivity contribution in [2.75, 3.05) is 0 Å². The summed E-state index contributed by atoms with van der Waals surface area (Å²) in [6, 6.07) is 9.51. The number of aromatic nitrogens is 3. The Hall–Kier alpha value is -1.42. The number of aryl methyl sites for hydroxylation is 1. The molecule has 0 aliphatic heterocycles. The molecule has 1 aromatic heterocycles. The molecule has 98 valence electrons. The van der Waals surface area contributed by atoms with Gasteiger partial charge in [0.1, 0.15) is 5.82 Å². The first-order valence-corrected chi connectivity index (χ1v) is 7.38. The summed E-state index contributed by atoms with van der Waals surface area (Å²) in [5.41, 5.74) is 2.76. The highest BCUT2D eigenvalue weighted by Gasteiger charge is 2.44. The number of hydrogen-bond donors (Lipinski definition) is 1. The first-order valence-electron chi connectivity index (χ1n) is 6.97. The molecular weight excluding hydrogens is 254 g/mol. The zero-order valence-electron chi connectivity index (χ0n) is 11.0. The van der Waals surface area contributed by atoms with Crippen molar-refractivity contribution < 1.29 is 0 Å². The molecule has 0 saturated heterocycles. The predicted octanol–water partition coefficient (Wildman–Crippen LogP) is 3.86. The quantitative estimate of drug-likeness (QED) is 0.860. The number of aromatic amines is 1. The topological polar surface area (TPSA) is 33.6 Å². The van der Waals surface area contributed by atoms with Crippen LogP contribution in [0.2, 0.25) is 0 Å². The third-order valence-electron chi connectivity index (χ3n) is 4.27. The van der Waals surface area contributed by atoms with E-state index in [1.807, 2.05) is 0 Å². The first-order chi connectivity index (χ1) is 9.24. The Morgan fingerprint density at radius 2 is 1.95 bits per heavy atom. The Labute approximate surface area is 117 Å². The maximum Gasteiger partial charge on any atom is 0.195 e. The molecule has 2 fully saturated rings. The van der Waals surface area contributed by atoms with Gasteiger partial charge in [-0.1, -0.05) is 29.8 Å². The number of nitrogens with one attached hydrogen (secondary N) is 1. The van der Waals surface area contributed by atoms with Crippen molar-refractivity contribution in [2.24, 2.45) is 0 Å². The number of benzene rings is 1. The molecule has 0 unspecified atom stereocenters. The second kappa shape index (κ2) is 4.04. The number of H-pyrrole nitrogens is 1. The predicted molar refractivity (Wildman–Crippen MR) is 77.0 cm³/mol. The van der Waals surface area contributed by atoms with Crippen molar-refractivity contribution in [3.05, 3.63) is 46.0 Å². The van der Waals surface area contributed by atoms with E-state index < -0.39 is 0 Å². The van der Waals surface area contributed by atoms with Crippen molar-refractivity contribution in [2.45, 2.75) is 44.1 Å². The maximum atomic E-state index is 5.35. The molecule has 2 aromatic rings. The molecule has 3 nitrogen and oxygen atoms in total. The third kappa shape index (κ3) is 1.94. The molecule has 19 heavy (non-hydrogen) atoms. The summed E-state index contributed by atoms with van der Waals surface area (Å²) in [5, 5.41) is 7.45. The Morgan fingerprint density at radius 1 is 1.21 bits per heavy atom. The van der Waals surface area contributed by atoms with E-state index in [-0.39, 0.29) is 0 Å². The zero-order valence-corrected chi connectivity index (χ0v) is 11.8. The van der Waals surface area contributed by atoms with Crippen molar-refractivity contribution >= 4 is 12.2 Å². The van der Waals surface area contributed by atoms with E-state index in [0.29, 0.717) is 17.9 Å². The van der Waals surface area contributed by atoms with Crippen molar-refractivity contribution in [3.8, 4) is 0 Å². The molecule has 0 amide bonds. The molecule has 4 heteroatoms. The average Bonchev–Trinajstić information content (AvgIpc) is 3.31. The lowest BCUT2D eigenvalue weighted by atomic mass is 10.1. The Balaban J connectivity index is 1.62. The van der Waals surface area contributed by atoms with Gasteiger partial charge in [-0.25, -0.2) is 0 Å². The first kappa shape index (κ1) is 11.4. The monoisotopic (exact) mass is 271 g/mol. The molecule has 4 rings (SSSR count). The lowest BCUT2D eigenvalue weighted by Crippen LogP contribution is -2.01. The SMILES string of the molecule is Cc1ccc([C@@H]2C[C@@H]2c2n[nH]c(=S)n2C2CC2)cc1. The normalized spacial score (nSPS) is 25.5. The average molecular weight is 271 g/mol. The highest BCUT2D eigenvalue weighted by atomic mass is 32.1. The van der Waals surface area contributed by atoms with Crippen molar-refractivity contribution in [3.63, 3.8) is 0 Å². The summed E-state index contributed by atoms with van der Waals surface area (Å²) in [6.07, 6.45) is 3.71. The fourth-order valence-corrected chi connectivity index (χ4v) is 3.21. The molecule has 0 bridgehead atoms. The summed E-state index contributed by atoms with van der Waals surface area (Å²) in [6.45, 7) is 2.13. The van der Waals surface area contributed by atoms with E-state index in [4.69, 9.17) is 12.2 Å². The number of hydrogen-bond acceptors (Lipinski definition) is 2. The molecule has 1 aromatic carbocycles. The lowest BCUT2D eigenvalue weighted by molar-refractivity contribution is 0.671. The molecule has 2 saturated carbocycles. The Bertz CT molecular complexity index is 663. The van der Waals surface area contributed by atoms with Crippen molar-refractivity contribution in [1.29, 1.82) is 0 Å². The summed E-state index contributed by atoms with van der Waals surface area (Å²) < 4.78 is 3.06. The highest BCUT2D eigenvalue weighted by Crippen LogP contribution is 2.55. The van der Waals surface area contributed by atoms with E-state index in [2.05, 4.69) is 46.0 Å². The summed E-state index contributed by atoms with van der Waals surface area (Å²) in [5.74, 6) is 2.36. The number of rotatable bonds is 3. The molecular formula is C15H17N3S. The molecule has 2 aliphatic rings. The van der Waals surface area contributed by atoms with Gasteiger partial charge in [-0.15, -0.1) is 0 Å². The van der Waals surface area contributed by atoms with Crippen LogP contribution in [0, 0.1) is 11.7 Å². The minimum Gasteiger partial charge on any atom is -0.301 e. The lowest BCUT2D eigenvalue weighted by Gasteiger charge is -2.04. The molecule has 2 aliphatic carbocycles. The molecule has 1 N–H and O–H groups in total. The van der Waals surface area contributed by atoms with Crippen LogP contribution in [0.3, 0.4) is 0 Å². The van der Waals surface area contributed by atoms with Gasteiger partial charge in [-0.2, -0.15) is 5.10 Å².